The third-order valence-corrected chi connectivity index (χ3v) is 5.45. The number of furan rings is 1. The largest absolute Gasteiger partial charge is 0.468 e. The Kier molecular flexibility index (Phi) is 8.51. The summed E-state index contributed by atoms with van der Waals surface area (Å²) in [6, 6.07) is 23.5. The number of aryl methyl sites for hydroxylation is 1. The van der Waals surface area contributed by atoms with Gasteiger partial charge in [-0.1, -0.05) is 54.6 Å². The number of nitrogens with zero attached hydrogens (tertiary/aromatic N) is 3. The molecule has 2 aromatic carbocycles. The van der Waals surface area contributed by atoms with Crippen LogP contribution in [0.3, 0.4) is 0 Å². The number of hydrogen-bond donors (Lipinski definition) is 1. The summed E-state index contributed by atoms with van der Waals surface area (Å²) in [6.07, 6.45) is 2.64. The molecule has 7 heteroatoms. The molecule has 1 atom stereocenters. The Hall–Kier alpha value is -3.65. The maximum atomic E-state index is 10.7. The van der Waals surface area contributed by atoms with E-state index in [2.05, 4.69) is 11.5 Å². The monoisotopic (exact) mass is 473 g/mol. The van der Waals surface area contributed by atoms with Crippen LogP contribution in [0.15, 0.2) is 96.1 Å². The summed E-state index contributed by atoms with van der Waals surface area (Å²) in [5, 5.41) is 15.5. The van der Waals surface area contributed by atoms with E-state index >= 15 is 0 Å². The summed E-state index contributed by atoms with van der Waals surface area (Å²) >= 11 is 0. The normalized spacial score (nSPS) is 12.1. The van der Waals surface area contributed by atoms with E-state index in [0.29, 0.717) is 32.1 Å². The van der Waals surface area contributed by atoms with Gasteiger partial charge in [0.25, 0.3) is 0 Å². The second-order valence-electron chi connectivity index (χ2n) is 8.27. The fraction of sp³-hybridized carbons (Fsp3) is 0.250. The molecule has 1 unspecified atom stereocenters. The van der Waals surface area contributed by atoms with Crippen molar-refractivity contribution in [3.8, 4) is 22.9 Å². The maximum Gasteiger partial charge on any atom is 0.222 e. The summed E-state index contributed by atoms with van der Waals surface area (Å²) in [4.78, 5) is 2.11. The summed E-state index contributed by atoms with van der Waals surface area (Å²) in [5.41, 5.74) is 2.75. The molecule has 0 aliphatic rings. The molecular weight excluding hydrogens is 442 g/mol. The molecule has 0 aliphatic carbocycles. The van der Waals surface area contributed by atoms with Crippen molar-refractivity contribution in [2.45, 2.75) is 19.2 Å². The first-order valence-electron chi connectivity index (χ1n) is 11.6. The Balaban J connectivity index is 1.67. The Labute approximate surface area is 205 Å². The maximum absolute atomic E-state index is 10.7. The molecule has 0 saturated carbocycles. The molecule has 0 bridgehead atoms. The minimum atomic E-state index is -0.680. The van der Waals surface area contributed by atoms with Gasteiger partial charge in [-0.25, -0.2) is 4.68 Å². The van der Waals surface area contributed by atoms with Crippen LogP contribution < -0.4 is 4.74 Å². The quantitative estimate of drug-likeness (QED) is 0.217. The Morgan fingerprint density at radius 3 is 2.49 bits per heavy atom. The van der Waals surface area contributed by atoms with Gasteiger partial charge in [-0.05, 0) is 24.3 Å². The SMILES string of the molecule is C=CCOCC(O)CN(Cc1ccco1)Cc1c(-c2ccccc2)nn(C)c1Oc1ccccc1. The van der Waals surface area contributed by atoms with E-state index in [-0.39, 0.29) is 6.61 Å². The molecule has 35 heavy (non-hydrogen) atoms. The average molecular weight is 474 g/mol. The first-order valence-corrected chi connectivity index (χ1v) is 11.6. The molecule has 0 aliphatic heterocycles. The Morgan fingerprint density at radius 2 is 1.80 bits per heavy atom. The van der Waals surface area contributed by atoms with E-state index in [1.54, 1.807) is 17.0 Å². The van der Waals surface area contributed by atoms with Crippen molar-refractivity contribution in [3.63, 3.8) is 0 Å². The van der Waals surface area contributed by atoms with Gasteiger partial charge in [-0.3, -0.25) is 4.90 Å². The van der Waals surface area contributed by atoms with Crippen LogP contribution in [0.4, 0.5) is 0 Å². The second-order valence-corrected chi connectivity index (χ2v) is 8.27. The van der Waals surface area contributed by atoms with Gasteiger partial charge < -0.3 is 19.0 Å². The highest BCUT2D eigenvalue weighted by Gasteiger charge is 2.24. The fourth-order valence-electron chi connectivity index (χ4n) is 3.92. The Morgan fingerprint density at radius 1 is 1.06 bits per heavy atom. The Bertz CT molecular complexity index is 1170. The van der Waals surface area contributed by atoms with E-state index < -0.39 is 6.10 Å². The zero-order valence-electron chi connectivity index (χ0n) is 19.9. The molecule has 0 amide bonds. The molecule has 4 aromatic rings. The number of para-hydroxylation sites is 1. The smallest absolute Gasteiger partial charge is 0.222 e. The molecule has 1 N–H and O–H groups in total. The highest BCUT2D eigenvalue weighted by Crippen LogP contribution is 2.34. The van der Waals surface area contributed by atoms with Crippen LogP contribution in [0.25, 0.3) is 11.3 Å². The van der Waals surface area contributed by atoms with E-state index in [4.69, 9.17) is 19.0 Å². The zero-order chi connectivity index (χ0) is 24.5. The van der Waals surface area contributed by atoms with Crippen molar-refractivity contribution in [2.24, 2.45) is 7.05 Å². The topological polar surface area (TPSA) is 72.9 Å². The molecule has 0 saturated heterocycles. The molecule has 2 heterocycles. The van der Waals surface area contributed by atoms with Crippen molar-refractivity contribution in [1.29, 1.82) is 0 Å². The lowest BCUT2D eigenvalue weighted by atomic mass is 10.1. The summed E-state index contributed by atoms with van der Waals surface area (Å²) < 4.78 is 19.2. The number of aliphatic hydroxyl groups is 1. The number of ether oxygens (including phenoxy) is 2. The fourth-order valence-corrected chi connectivity index (χ4v) is 3.92. The van der Waals surface area contributed by atoms with Crippen molar-refractivity contribution in [3.05, 3.63) is 103 Å². The third-order valence-electron chi connectivity index (χ3n) is 5.45. The van der Waals surface area contributed by atoms with Crippen LogP contribution in [0, 0.1) is 0 Å². The third kappa shape index (κ3) is 6.70. The molecule has 7 nitrogen and oxygen atoms in total. The highest BCUT2D eigenvalue weighted by atomic mass is 16.5. The predicted octanol–water partition coefficient (Wildman–Crippen LogP) is 5.04. The summed E-state index contributed by atoms with van der Waals surface area (Å²) in [6.45, 7) is 5.64. The van der Waals surface area contributed by atoms with Gasteiger partial charge in [0.1, 0.15) is 17.2 Å². The average Bonchev–Trinajstić information content (AvgIpc) is 3.49. The minimum absolute atomic E-state index is 0.215. The lowest BCUT2D eigenvalue weighted by molar-refractivity contribution is 0.0215. The second kappa shape index (κ2) is 12.2. The lowest BCUT2D eigenvalue weighted by Gasteiger charge is -2.24. The molecule has 182 valence electrons. The van der Waals surface area contributed by atoms with Gasteiger partial charge in [0.05, 0.1) is 37.7 Å². The molecule has 4 rings (SSSR count). The van der Waals surface area contributed by atoms with Crippen molar-refractivity contribution in [2.75, 3.05) is 19.8 Å². The predicted molar refractivity (Wildman–Crippen MR) is 135 cm³/mol. The van der Waals surface area contributed by atoms with Crippen molar-refractivity contribution < 1.29 is 19.0 Å². The first-order chi connectivity index (χ1) is 17.1. The van der Waals surface area contributed by atoms with E-state index in [1.807, 2.05) is 79.8 Å². The molecule has 0 spiro atoms. The van der Waals surface area contributed by atoms with E-state index in [9.17, 15) is 5.11 Å². The molecule has 0 fully saturated rings. The summed E-state index contributed by atoms with van der Waals surface area (Å²) in [5.74, 6) is 2.18. The van der Waals surface area contributed by atoms with Crippen LogP contribution in [0.2, 0.25) is 0 Å². The number of rotatable bonds is 13. The van der Waals surface area contributed by atoms with Crippen LogP contribution in [0.1, 0.15) is 11.3 Å². The first kappa shape index (κ1) is 24.5. The van der Waals surface area contributed by atoms with Gasteiger partial charge in [0.15, 0.2) is 0 Å². The molecule has 0 radical (unpaired) electrons. The number of hydrogen-bond acceptors (Lipinski definition) is 6. The number of aliphatic hydroxyl groups excluding tert-OH is 1. The van der Waals surface area contributed by atoms with Crippen LogP contribution in [-0.2, 0) is 24.9 Å². The van der Waals surface area contributed by atoms with Gasteiger partial charge in [0.2, 0.25) is 5.88 Å². The lowest BCUT2D eigenvalue weighted by Crippen LogP contribution is -2.34. The number of aromatic nitrogens is 2. The van der Waals surface area contributed by atoms with Crippen molar-refractivity contribution >= 4 is 0 Å². The highest BCUT2D eigenvalue weighted by molar-refractivity contribution is 5.65. The van der Waals surface area contributed by atoms with Gasteiger partial charge >= 0.3 is 0 Å². The van der Waals surface area contributed by atoms with Crippen LogP contribution in [-0.4, -0.2) is 45.6 Å². The zero-order valence-corrected chi connectivity index (χ0v) is 19.9. The molecule has 2 aromatic heterocycles. The molecular formula is C28H31N3O4. The van der Waals surface area contributed by atoms with Gasteiger partial charge in [0, 0.05) is 25.7 Å². The van der Waals surface area contributed by atoms with Crippen LogP contribution in [0.5, 0.6) is 11.6 Å². The van der Waals surface area contributed by atoms with E-state index in [1.165, 1.54) is 0 Å². The van der Waals surface area contributed by atoms with Gasteiger partial charge in [-0.15, -0.1) is 6.58 Å². The standard InChI is InChI=1S/C28H31N3O4/c1-3-16-33-21-23(32)18-31(19-25-15-10-17-34-25)20-26-27(22-11-6-4-7-12-22)29-30(2)28(26)35-24-13-8-5-9-14-24/h3-15,17,23,32H,1,16,18-21H2,2H3. The summed E-state index contributed by atoms with van der Waals surface area (Å²) in [7, 11) is 1.88. The van der Waals surface area contributed by atoms with Crippen molar-refractivity contribution in [1.82, 2.24) is 14.7 Å². The minimum Gasteiger partial charge on any atom is -0.468 e. The van der Waals surface area contributed by atoms with Crippen LogP contribution >= 0.6 is 0 Å². The number of benzene rings is 2. The van der Waals surface area contributed by atoms with Gasteiger partial charge in [-0.2, -0.15) is 5.10 Å². The van der Waals surface area contributed by atoms with E-state index in [0.717, 1.165) is 28.3 Å².